The summed E-state index contributed by atoms with van der Waals surface area (Å²) in [5.41, 5.74) is 2.09. The van der Waals surface area contributed by atoms with Crippen LogP contribution in [0.3, 0.4) is 0 Å². The third-order valence-electron chi connectivity index (χ3n) is 2.55. The number of benzene rings is 1. The first-order valence-electron chi connectivity index (χ1n) is 5.91. The second kappa shape index (κ2) is 8.17. The molecule has 0 atom stereocenters. The molecule has 1 aromatic carbocycles. The number of furan rings is 1. The van der Waals surface area contributed by atoms with Crippen LogP contribution in [0.15, 0.2) is 51.0 Å². The van der Waals surface area contributed by atoms with E-state index in [1.54, 1.807) is 0 Å². The Labute approximate surface area is 157 Å². The zero-order valence-electron chi connectivity index (χ0n) is 12.2. The molecule has 0 fully saturated rings. The van der Waals surface area contributed by atoms with E-state index >= 15 is 0 Å². The van der Waals surface area contributed by atoms with Gasteiger partial charge >= 0.3 is 29.6 Å². The number of hydrogen-bond acceptors (Lipinski definition) is 8. The molecule has 0 radical (unpaired) electrons. The topological polar surface area (TPSA) is 155 Å². The van der Waals surface area contributed by atoms with Gasteiger partial charge in [0.05, 0.1) is 11.1 Å². The number of carbonyl (C=O) groups excluding carboxylic acids is 1. The fraction of sp³-hybridized carbons (Fsp3) is 0. The Bertz CT molecular complexity index is 874. The summed E-state index contributed by atoms with van der Waals surface area (Å²) in [6, 6.07) is 6.97. The predicted molar refractivity (Wildman–Crippen MR) is 74.8 cm³/mol. The van der Waals surface area contributed by atoms with Crippen molar-refractivity contribution in [3.05, 3.63) is 57.8 Å². The molecule has 12 heteroatoms. The number of amides is 1. The SMILES string of the molecule is O=C(N/N=C/c1ccc(S(=O)(=O)[O-])o1)c1ccc([N+](=O)[O-])cc1.[Na+]. The van der Waals surface area contributed by atoms with Crippen molar-refractivity contribution < 1.29 is 56.7 Å². The maximum absolute atomic E-state index is 11.7. The predicted octanol–water partition coefficient (Wildman–Crippen LogP) is -2.14. The minimum Gasteiger partial charge on any atom is -0.742 e. The molecule has 1 N–H and O–H groups in total. The van der Waals surface area contributed by atoms with E-state index < -0.39 is 26.0 Å². The number of hydrogen-bond donors (Lipinski definition) is 1. The van der Waals surface area contributed by atoms with Crippen molar-refractivity contribution in [2.24, 2.45) is 5.10 Å². The van der Waals surface area contributed by atoms with Crippen LogP contribution in [0.2, 0.25) is 0 Å². The molecule has 10 nitrogen and oxygen atoms in total. The number of non-ortho nitro benzene ring substituents is 1. The van der Waals surface area contributed by atoms with E-state index in [0.717, 1.165) is 24.4 Å². The van der Waals surface area contributed by atoms with Crippen LogP contribution in [0.4, 0.5) is 5.69 Å². The van der Waals surface area contributed by atoms with Crippen LogP contribution in [-0.2, 0) is 10.1 Å². The summed E-state index contributed by atoms with van der Waals surface area (Å²) in [6.07, 6.45) is 0.998. The van der Waals surface area contributed by atoms with Gasteiger partial charge in [-0.2, -0.15) is 5.10 Å². The maximum Gasteiger partial charge on any atom is 1.00 e. The summed E-state index contributed by atoms with van der Waals surface area (Å²) in [7, 11) is -4.70. The molecule has 120 valence electrons. The molecule has 1 aromatic heterocycles. The molecule has 0 bridgehead atoms. The van der Waals surface area contributed by atoms with Gasteiger partial charge in [0.2, 0.25) is 5.09 Å². The summed E-state index contributed by atoms with van der Waals surface area (Å²) in [5.74, 6) is -0.692. The van der Waals surface area contributed by atoms with Gasteiger partial charge in [-0.1, -0.05) is 0 Å². The minimum absolute atomic E-state index is 0. The Balaban J connectivity index is 0.00000288. The average Bonchev–Trinajstić information content (AvgIpc) is 2.96. The van der Waals surface area contributed by atoms with Crippen molar-refractivity contribution in [2.75, 3.05) is 0 Å². The normalized spacial score (nSPS) is 11.0. The quantitative estimate of drug-likeness (QED) is 0.209. The van der Waals surface area contributed by atoms with E-state index in [2.05, 4.69) is 10.5 Å². The first kappa shape index (κ1) is 20.0. The van der Waals surface area contributed by atoms with Crippen LogP contribution in [0.1, 0.15) is 16.1 Å². The second-order valence-corrected chi connectivity index (χ2v) is 5.42. The molecule has 0 aliphatic heterocycles. The van der Waals surface area contributed by atoms with Crippen LogP contribution in [0, 0.1) is 10.1 Å². The van der Waals surface area contributed by atoms with Gasteiger partial charge in [-0.05, 0) is 24.3 Å². The van der Waals surface area contributed by atoms with Gasteiger partial charge in [0.25, 0.3) is 11.6 Å². The van der Waals surface area contributed by atoms with E-state index in [-0.39, 0.29) is 46.6 Å². The third-order valence-corrected chi connectivity index (χ3v) is 3.26. The Morgan fingerprint density at radius 1 is 1.21 bits per heavy atom. The first-order valence-corrected chi connectivity index (χ1v) is 7.32. The number of nitro groups is 1. The van der Waals surface area contributed by atoms with Crippen LogP contribution in [0.25, 0.3) is 0 Å². The number of hydrazone groups is 1. The summed E-state index contributed by atoms with van der Waals surface area (Å²) < 4.78 is 36.7. The van der Waals surface area contributed by atoms with Crippen molar-refractivity contribution in [3.63, 3.8) is 0 Å². The van der Waals surface area contributed by atoms with Crippen molar-refractivity contribution in [3.8, 4) is 0 Å². The Hall–Kier alpha value is -2.05. The minimum atomic E-state index is -4.70. The summed E-state index contributed by atoms with van der Waals surface area (Å²) >= 11 is 0. The van der Waals surface area contributed by atoms with Gasteiger partial charge in [-0.15, -0.1) is 0 Å². The van der Waals surface area contributed by atoms with E-state index in [0.29, 0.717) is 0 Å². The van der Waals surface area contributed by atoms with Gasteiger partial charge in [-0.25, -0.2) is 13.8 Å². The molecule has 0 saturated heterocycles. The zero-order valence-corrected chi connectivity index (χ0v) is 15.0. The molecule has 0 aliphatic carbocycles. The number of nitrogens with zero attached hydrogens (tertiary/aromatic N) is 2. The van der Waals surface area contributed by atoms with E-state index in [9.17, 15) is 27.9 Å². The van der Waals surface area contributed by atoms with Crippen LogP contribution < -0.4 is 35.0 Å². The van der Waals surface area contributed by atoms with E-state index in [1.807, 2.05) is 0 Å². The molecule has 0 spiro atoms. The Kier molecular flexibility index (Phi) is 6.81. The Morgan fingerprint density at radius 3 is 2.33 bits per heavy atom. The summed E-state index contributed by atoms with van der Waals surface area (Å²) in [4.78, 5) is 21.6. The van der Waals surface area contributed by atoms with Gasteiger partial charge in [0.1, 0.15) is 5.76 Å². The molecule has 2 rings (SSSR count). The summed E-state index contributed by atoms with van der Waals surface area (Å²) in [5, 5.41) is 13.2. The molecular weight excluding hydrogens is 353 g/mol. The molecular formula is C12H8N3NaO7S. The van der Waals surface area contributed by atoms with Gasteiger partial charge in [-0.3, -0.25) is 14.9 Å². The number of rotatable bonds is 5. The molecule has 24 heavy (non-hydrogen) atoms. The fourth-order valence-corrected chi connectivity index (χ4v) is 1.92. The van der Waals surface area contributed by atoms with Crippen molar-refractivity contribution in [1.29, 1.82) is 0 Å². The van der Waals surface area contributed by atoms with Crippen LogP contribution in [-0.4, -0.2) is 30.0 Å². The third kappa shape index (κ3) is 5.25. The monoisotopic (exact) mass is 361 g/mol. The maximum atomic E-state index is 11.7. The van der Waals surface area contributed by atoms with E-state index in [4.69, 9.17) is 4.42 Å². The van der Waals surface area contributed by atoms with Gasteiger partial charge in [0.15, 0.2) is 10.1 Å². The molecule has 1 amide bonds. The van der Waals surface area contributed by atoms with Crippen LogP contribution >= 0.6 is 0 Å². The van der Waals surface area contributed by atoms with Gasteiger partial charge < -0.3 is 8.97 Å². The first-order chi connectivity index (χ1) is 10.8. The number of nitrogens with one attached hydrogen (secondary N) is 1. The smallest absolute Gasteiger partial charge is 0.742 e. The largest absolute Gasteiger partial charge is 1.00 e. The zero-order chi connectivity index (χ0) is 17.0. The van der Waals surface area contributed by atoms with Crippen molar-refractivity contribution in [1.82, 2.24) is 5.43 Å². The van der Waals surface area contributed by atoms with Crippen molar-refractivity contribution >= 4 is 27.9 Å². The summed E-state index contributed by atoms with van der Waals surface area (Å²) in [6.45, 7) is 0. The molecule has 0 saturated carbocycles. The molecule has 1 heterocycles. The second-order valence-electron chi connectivity index (χ2n) is 4.11. The number of carbonyl (C=O) groups is 1. The average molecular weight is 361 g/mol. The standard InChI is InChI=1S/C12H9N3O7S.Na/c16-12(8-1-3-9(4-2-8)15(17)18)14-13-7-10-5-6-11(22-10)23(19,20)21;/h1-7H,(H,14,16)(H,19,20,21);/q;+1/p-1/b13-7+;. The van der Waals surface area contributed by atoms with E-state index in [1.165, 1.54) is 18.2 Å². The Morgan fingerprint density at radius 2 is 1.83 bits per heavy atom. The van der Waals surface area contributed by atoms with Crippen LogP contribution in [0.5, 0.6) is 0 Å². The van der Waals surface area contributed by atoms with Gasteiger partial charge in [0, 0.05) is 17.7 Å². The van der Waals surface area contributed by atoms with Crippen molar-refractivity contribution in [2.45, 2.75) is 5.09 Å². The fourth-order valence-electron chi connectivity index (χ4n) is 1.49. The number of nitro benzene ring substituents is 1. The molecule has 2 aromatic rings. The molecule has 0 unspecified atom stereocenters. The molecule has 0 aliphatic rings.